The second-order valence-electron chi connectivity index (χ2n) is 8.87. The van der Waals surface area contributed by atoms with Crippen LogP contribution in [0.5, 0.6) is 5.75 Å². The third-order valence-corrected chi connectivity index (χ3v) is 9.74. The molecule has 0 spiro atoms. The Balaban J connectivity index is 1.61. The number of anilines is 1. The molecule has 0 bridgehead atoms. The zero-order chi connectivity index (χ0) is 26.6. The van der Waals surface area contributed by atoms with Gasteiger partial charge in [-0.05, 0) is 77.3 Å². The number of ether oxygens (including phenoxy) is 2. The van der Waals surface area contributed by atoms with E-state index in [1.807, 2.05) is 18.2 Å². The Morgan fingerprint density at radius 2 is 1.81 bits per heavy atom. The van der Waals surface area contributed by atoms with Crippen molar-refractivity contribution in [3.05, 3.63) is 87.4 Å². The van der Waals surface area contributed by atoms with Gasteiger partial charge in [0.25, 0.3) is 15.9 Å². The van der Waals surface area contributed by atoms with E-state index in [4.69, 9.17) is 21.1 Å². The van der Waals surface area contributed by atoms with Gasteiger partial charge >= 0.3 is 0 Å². The number of nitrogens with one attached hydrogen (secondary N) is 1. The molecule has 7 nitrogen and oxygen atoms in total. The molecule has 10 heteroatoms. The van der Waals surface area contributed by atoms with Crippen LogP contribution in [0.4, 0.5) is 5.69 Å². The average molecular weight is 608 g/mol. The maximum Gasteiger partial charge on any atom is 0.265 e. The van der Waals surface area contributed by atoms with Crippen LogP contribution in [0, 0.1) is 0 Å². The van der Waals surface area contributed by atoms with Crippen molar-refractivity contribution in [2.75, 3.05) is 38.2 Å². The summed E-state index contributed by atoms with van der Waals surface area (Å²) in [4.78, 5) is 13.3. The minimum Gasteiger partial charge on any atom is -0.496 e. The maximum absolute atomic E-state index is 13.4. The third-order valence-electron chi connectivity index (χ3n) is 6.72. The first-order valence-corrected chi connectivity index (χ1v) is 14.3. The van der Waals surface area contributed by atoms with Crippen LogP contribution < -0.4 is 14.4 Å². The van der Waals surface area contributed by atoms with Gasteiger partial charge in [-0.25, -0.2) is 8.42 Å². The van der Waals surface area contributed by atoms with E-state index in [-0.39, 0.29) is 16.4 Å². The van der Waals surface area contributed by atoms with Crippen molar-refractivity contribution in [3.8, 4) is 5.75 Å². The largest absolute Gasteiger partial charge is 0.496 e. The summed E-state index contributed by atoms with van der Waals surface area (Å²) in [6, 6.07) is 18.8. The third kappa shape index (κ3) is 5.80. The van der Waals surface area contributed by atoms with E-state index in [9.17, 15) is 13.2 Å². The number of hydrogen-bond acceptors (Lipinski definition) is 5. The molecule has 0 aromatic heterocycles. The quantitative estimate of drug-likeness (QED) is 0.370. The molecule has 0 aliphatic carbocycles. The molecule has 1 fully saturated rings. The fourth-order valence-corrected chi connectivity index (χ4v) is 6.83. The smallest absolute Gasteiger partial charge is 0.265 e. The van der Waals surface area contributed by atoms with Gasteiger partial charge in [0.1, 0.15) is 10.6 Å². The van der Waals surface area contributed by atoms with Crippen LogP contribution in [-0.4, -0.2) is 48.2 Å². The fourth-order valence-electron chi connectivity index (χ4n) is 4.52. The van der Waals surface area contributed by atoms with Crippen LogP contribution in [0.2, 0.25) is 5.02 Å². The molecule has 1 N–H and O–H groups in total. The van der Waals surface area contributed by atoms with Crippen molar-refractivity contribution >= 4 is 49.1 Å². The molecular formula is C27H28BrClN2O5S. The summed E-state index contributed by atoms with van der Waals surface area (Å²) in [5.41, 5.74) is 1.22. The van der Waals surface area contributed by atoms with Gasteiger partial charge < -0.3 is 14.8 Å². The first kappa shape index (κ1) is 27.4. The minimum absolute atomic E-state index is 0.00351. The van der Waals surface area contributed by atoms with Gasteiger partial charge in [-0.2, -0.15) is 0 Å². The number of carbonyl (C=O) groups is 1. The number of para-hydroxylation sites is 1. The van der Waals surface area contributed by atoms with Crippen LogP contribution in [0.3, 0.4) is 0 Å². The first-order chi connectivity index (χ1) is 17.7. The number of benzene rings is 3. The summed E-state index contributed by atoms with van der Waals surface area (Å²) in [5, 5.41) is 3.60. The van der Waals surface area contributed by atoms with Crippen LogP contribution in [-0.2, 0) is 20.2 Å². The predicted octanol–water partition coefficient (Wildman–Crippen LogP) is 5.41. The molecule has 37 heavy (non-hydrogen) atoms. The van der Waals surface area contributed by atoms with Crippen molar-refractivity contribution in [3.63, 3.8) is 0 Å². The molecule has 3 aromatic rings. The van der Waals surface area contributed by atoms with Gasteiger partial charge in [0.15, 0.2) is 0 Å². The van der Waals surface area contributed by atoms with Crippen LogP contribution in [0.15, 0.2) is 76.1 Å². The van der Waals surface area contributed by atoms with Gasteiger partial charge in [0.2, 0.25) is 0 Å². The van der Waals surface area contributed by atoms with Gasteiger partial charge in [-0.1, -0.05) is 29.8 Å². The molecule has 1 aliphatic heterocycles. The summed E-state index contributed by atoms with van der Waals surface area (Å²) in [6.45, 7) is 1.39. The second-order valence-corrected chi connectivity index (χ2v) is 12.1. The maximum atomic E-state index is 13.4. The van der Waals surface area contributed by atoms with Crippen molar-refractivity contribution in [2.24, 2.45) is 0 Å². The van der Waals surface area contributed by atoms with Crippen molar-refractivity contribution < 1.29 is 22.7 Å². The SMILES string of the molecule is COc1ccc(Cl)cc1C1(CNC(=O)c2ccc(Br)c(S(=O)(=O)N(C)c3ccccc3)c2)CCOCC1. The summed E-state index contributed by atoms with van der Waals surface area (Å²) in [6.07, 6.45) is 1.34. The van der Waals surface area contributed by atoms with E-state index < -0.39 is 15.4 Å². The Morgan fingerprint density at radius 1 is 1.11 bits per heavy atom. The Labute approximate surface area is 230 Å². The number of amides is 1. The van der Waals surface area contributed by atoms with Gasteiger partial charge in [-0.3, -0.25) is 9.10 Å². The topological polar surface area (TPSA) is 84.9 Å². The molecule has 0 radical (unpaired) electrons. The first-order valence-electron chi connectivity index (χ1n) is 11.7. The number of methoxy groups -OCH3 is 1. The lowest BCUT2D eigenvalue weighted by molar-refractivity contribution is 0.0479. The van der Waals surface area contributed by atoms with Crippen molar-refractivity contribution in [1.29, 1.82) is 0 Å². The van der Waals surface area contributed by atoms with Crippen LogP contribution in [0.1, 0.15) is 28.8 Å². The highest BCUT2D eigenvalue weighted by Crippen LogP contribution is 2.41. The lowest BCUT2D eigenvalue weighted by Crippen LogP contribution is -2.44. The Morgan fingerprint density at radius 3 is 2.49 bits per heavy atom. The molecule has 0 atom stereocenters. The molecule has 1 heterocycles. The summed E-state index contributed by atoms with van der Waals surface area (Å²) >= 11 is 9.66. The average Bonchev–Trinajstić information content (AvgIpc) is 2.92. The monoisotopic (exact) mass is 606 g/mol. The number of hydrogen-bond donors (Lipinski definition) is 1. The van der Waals surface area contributed by atoms with Crippen LogP contribution >= 0.6 is 27.5 Å². The summed E-state index contributed by atoms with van der Waals surface area (Å²) in [7, 11) is -0.835. The molecule has 196 valence electrons. The lowest BCUT2D eigenvalue weighted by Gasteiger charge is -2.38. The molecule has 1 amide bonds. The number of rotatable bonds is 8. The van der Waals surface area contributed by atoms with Gasteiger partial charge in [0.05, 0.1) is 12.8 Å². The normalized spacial score (nSPS) is 15.1. The predicted molar refractivity (Wildman–Crippen MR) is 148 cm³/mol. The molecule has 1 aliphatic rings. The van der Waals surface area contributed by atoms with Gasteiger partial charge in [-0.15, -0.1) is 0 Å². The van der Waals surface area contributed by atoms with E-state index in [0.29, 0.717) is 53.5 Å². The van der Waals surface area contributed by atoms with Gasteiger partial charge in [0, 0.05) is 52.8 Å². The highest BCUT2D eigenvalue weighted by molar-refractivity contribution is 9.10. The van der Waals surface area contributed by atoms with E-state index in [1.165, 1.54) is 17.4 Å². The lowest BCUT2D eigenvalue weighted by atomic mass is 9.73. The van der Waals surface area contributed by atoms with Crippen molar-refractivity contribution in [2.45, 2.75) is 23.2 Å². The Hall–Kier alpha value is -2.59. The van der Waals surface area contributed by atoms with E-state index >= 15 is 0 Å². The minimum atomic E-state index is -3.92. The summed E-state index contributed by atoms with van der Waals surface area (Å²) < 4.78 is 39.6. The number of carbonyl (C=O) groups excluding carboxylic acids is 1. The Kier molecular flexibility index (Phi) is 8.48. The highest BCUT2D eigenvalue weighted by atomic mass is 79.9. The Bertz CT molecular complexity index is 1380. The van der Waals surface area contributed by atoms with Crippen LogP contribution in [0.25, 0.3) is 0 Å². The van der Waals surface area contributed by atoms with E-state index in [2.05, 4.69) is 21.2 Å². The molecule has 1 saturated heterocycles. The standard InChI is InChI=1S/C27H28BrClN2O5S/c1-31(21-6-4-3-5-7-21)37(33,34)25-16-19(8-10-23(25)28)26(32)30-18-27(12-14-36-15-13-27)22-17-20(29)9-11-24(22)35-2/h3-11,16-17H,12-15,18H2,1-2H3,(H,30,32). The molecule has 0 unspecified atom stereocenters. The fraction of sp³-hybridized carbons (Fsp3) is 0.296. The zero-order valence-corrected chi connectivity index (χ0v) is 23.7. The van der Waals surface area contributed by atoms with Crippen molar-refractivity contribution in [1.82, 2.24) is 5.32 Å². The molecular weight excluding hydrogens is 580 g/mol. The highest BCUT2D eigenvalue weighted by Gasteiger charge is 2.37. The molecule has 3 aromatic carbocycles. The number of nitrogens with zero attached hydrogens (tertiary/aromatic N) is 1. The van der Waals surface area contributed by atoms with E-state index in [0.717, 1.165) is 5.56 Å². The number of sulfonamides is 1. The molecule has 4 rings (SSSR count). The van der Waals surface area contributed by atoms with E-state index in [1.54, 1.807) is 49.6 Å². The zero-order valence-electron chi connectivity index (χ0n) is 20.5. The summed E-state index contributed by atoms with van der Waals surface area (Å²) in [5.74, 6) is 0.319. The second kappa shape index (κ2) is 11.4. The molecule has 0 saturated carbocycles. The number of halogens is 2.